The number of fused-ring (bicyclic) bond motifs is 1. The molecule has 0 spiro atoms. The Balaban J connectivity index is 1.69. The molecule has 5 nitrogen and oxygen atoms in total. The molecule has 0 saturated carbocycles. The lowest BCUT2D eigenvalue weighted by Gasteiger charge is -2.06. The first-order valence-electron chi connectivity index (χ1n) is 6.73. The molecule has 1 atom stereocenters. The summed E-state index contributed by atoms with van der Waals surface area (Å²) in [6.07, 6.45) is 0. The third-order valence-electron chi connectivity index (χ3n) is 3.58. The minimum Gasteiger partial charge on any atom is -0.454 e. The third kappa shape index (κ3) is 2.65. The van der Waals surface area contributed by atoms with Crippen molar-refractivity contribution in [1.29, 1.82) is 0 Å². The van der Waals surface area contributed by atoms with E-state index in [4.69, 9.17) is 4.74 Å². The number of rotatable bonds is 4. The second-order valence-electron chi connectivity index (χ2n) is 5.02. The van der Waals surface area contributed by atoms with Gasteiger partial charge >= 0.3 is 5.97 Å². The Morgan fingerprint density at radius 2 is 2.09 bits per heavy atom. The number of benzene rings is 1. The van der Waals surface area contributed by atoms with Crippen LogP contribution < -0.4 is 5.32 Å². The van der Waals surface area contributed by atoms with E-state index in [1.54, 1.807) is 41.9 Å². The first kappa shape index (κ1) is 14.5. The Morgan fingerprint density at radius 1 is 1.27 bits per heavy atom. The first-order valence-corrected chi connectivity index (χ1v) is 7.68. The number of carbonyl (C=O) groups is 3. The molecule has 0 aliphatic carbocycles. The van der Waals surface area contributed by atoms with Crippen molar-refractivity contribution in [2.45, 2.75) is 12.8 Å². The summed E-state index contributed by atoms with van der Waals surface area (Å²) in [5.41, 5.74) is 2.39. The molecule has 0 bridgehead atoms. The second kappa shape index (κ2) is 5.73. The maximum Gasteiger partial charge on any atom is 0.339 e. The van der Waals surface area contributed by atoms with Gasteiger partial charge in [0.15, 0.2) is 12.4 Å². The average molecular weight is 315 g/mol. The molecule has 0 unspecified atom stereocenters. The van der Waals surface area contributed by atoms with Crippen molar-refractivity contribution >= 4 is 34.7 Å². The van der Waals surface area contributed by atoms with E-state index in [1.165, 1.54) is 11.3 Å². The lowest BCUT2D eigenvalue weighted by atomic mass is 9.99. The lowest BCUT2D eigenvalue weighted by Crippen LogP contribution is -2.14. The minimum atomic E-state index is -0.513. The second-order valence-corrected chi connectivity index (χ2v) is 5.80. The number of ether oxygens (including phenoxy) is 1. The maximum atomic E-state index is 12.1. The quantitative estimate of drug-likeness (QED) is 0.695. The van der Waals surface area contributed by atoms with E-state index in [-0.39, 0.29) is 24.2 Å². The van der Waals surface area contributed by atoms with Crippen LogP contribution in [0.1, 0.15) is 39.1 Å². The average Bonchev–Trinajstić information content (AvgIpc) is 3.14. The Kier molecular flexibility index (Phi) is 3.77. The molecule has 0 fully saturated rings. The number of thiophene rings is 1. The van der Waals surface area contributed by atoms with Crippen molar-refractivity contribution in [2.24, 2.45) is 0 Å². The van der Waals surface area contributed by atoms with Crippen LogP contribution >= 0.6 is 11.3 Å². The van der Waals surface area contributed by atoms with Crippen LogP contribution in [0, 0.1) is 0 Å². The molecule has 2 heterocycles. The van der Waals surface area contributed by atoms with Crippen molar-refractivity contribution in [3.8, 4) is 0 Å². The molecular weight excluding hydrogens is 302 g/mol. The lowest BCUT2D eigenvalue weighted by molar-refractivity contribution is -0.116. The fourth-order valence-electron chi connectivity index (χ4n) is 2.27. The molecule has 1 N–H and O–H groups in total. The van der Waals surface area contributed by atoms with E-state index in [2.05, 4.69) is 5.32 Å². The third-order valence-corrected chi connectivity index (χ3v) is 4.27. The number of hydrogen-bond donors (Lipinski definition) is 1. The molecule has 2 aromatic rings. The number of amides is 1. The number of anilines is 1. The molecule has 0 saturated heterocycles. The van der Waals surface area contributed by atoms with E-state index < -0.39 is 5.97 Å². The molecule has 1 aromatic heterocycles. The fraction of sp³-hybridized carbons (Fsp3) is 0.188. The van der Waals surface area contributed by atoms with Gasteiger partial charge in [-0.1, -0.05) is 0 Å². The molecule has 6 heteroatoms. The zero-order chi connectivity index (χ0) is 15.7. The van der Waals surface area contributed by atoms with Crippen molar-refractivity contribution in [2.75, 3.05) is 11.9 Å². The summed E-state index contributed by atoms with van der Waals surface area (Å²) in [4.78, 5) is 35.4. The van der Waals surface area contributed by atoms with Crippen LogP contribution in [0.15, 0.2) is 35.0 Å². The van der Waals surface area contributed by atoms with E-state index in [1.807, 2.05) is 0 Å². The molecule has 22 heavy (non-hydrogen) atoms. The SMILES string of the molecule is C[C@@H]1C(=O)Nc2ccc(C(=O)COC(=O)c3ccsc3)cc21. The molecule has 0 radical (unpaired) electrons. The summed E-state index contributed by atoms with van der Waals surface area (Å²) in [6, 6.07) is 6.65. The summed E-state index contributed by atoms with van der Waals surface area (Å²) in [6.45, 7) is 1.47. The highest BCUT2D eigenvalue weighted by Gasteiger charge is 2.27. The van der Waals surface area contributed by atoms with Gasteiger partial charge in [0, 0.05) is 16.6 Å². The Hall–Kier alpha value is -2.47. The zero-order valence-electron chi connectivity index (χ0n) is 11.8. The highest BCUT2D eigenvalue weighted by atomic mass is 32.1. The summed E-state index contributed by atoms with van der Waals surface area (Å²) in [5.74, 6) is -1.17. The van der Waals surface area contributed by atoms with Crippen LogP contribution in [-0.4, -0.2) is 24.3 Å². The van der Waals surface area contributed by atoms with Gasteiger partial charge < -0.3 is 10.1 Å². The molecule has 1 aromatic carbocycles. The van der Waals surface area contributed by atoms with E-state index in [0.29, 0.717) is 11.1 Å². The molecule has 1 aliphatic rings. The number of Topliss-reactive ketones (excluding diaryl/α,β-unsaturated/α-hetero) is 1. The van der Waals surface area contributed by atoms with Crippen LogP contribution in [0.5, 0.6) is 0 Å². The monoisotopic (exact) mass is 315 g/mol. The Labute approximate surface area is 130 Å². The largest absolute Gasteiger partial charge is 0.454 e. The minimum absolute atomic E-state index is 0.0801. The van der Waals surface area contributed by atoms with Crippen molar-refractivity contribution in [3.63, 3.8) is 0 Å². The predicted molar refractivity (Wildman–Crippen MR) is 82.4 cm³/mol. The van der Waals surface area contributed by atoms with Crippen molar-refractivity contribution in [3.05, 3.63) is 51.7 Å². The van der Waals surface area contributed by atoms with Gasteiger partial charge in [0.1, 0.15) is 0 Å². The highest BCUT2D eigenvalue weighted by molar-refractivity contribution is 7.08. The number of hydrogen-bond acceptors (Lipinski definition) is 5. The first-order chi connectivity index (χ1) is 10.6. The molecule has 112 valence electrons. The standard InChI is InChI=1S/C16H13NO4S/c1-9-12-6-10(2-3-13(12)17-15(9)19)14(18)7-21-16(20)11-4-5-22-8-11/h2-6,8-9H,7H2,1H3,(H,17,19)/t9-/m0/s1. The summed E-state index contributed by atoms with van der Waals surface area (Å²) in [7, 11) is 0. The van der Waals surface area contributed by atoms with E-state index in [9.17, 15) is 14.4 Å². The topological polar surface area (TPSA) is 72.5 Å². The van der Waals surface area contributed by atoms with Gasteiger partial charge in [0.25, 0.3) is 0 Å². The normalized spacial score (nSPS) is 16.0. The van der Waals surface area contributed by atoms with Gasteiger partial charge in [-0.25, -0.2) is 4.79 Å². The van der Waals surface area contributed by atoms with Gasteiger partial charge in [-0.2, -0.15) is 11.3 Å². The smallest absolute Gasteiger partial charge is 0.339 e. The van der Waals surface area contributed by atoms with Crippen LogP contribution in [0.4, 0.5) is 5.69 Å². The van der Waals surface area contributed by atoms with Gasteiger partial charge in [-0.15, -0.1) is 0 Å². The summed E-state index contributed by atoms with van der Waals surface area (Å²) < 4.78 is 5.01. The number of carbonyl (C=O) groups excluding carboxylic acids is 3. The van der Waals surface area contributed by atoms with E-state index in [0.717, 1.165) is 11.3 Å². The maximum absolute atomic E-state index is 12.1. The Morgan fingerprint density at radius 3 is 2.82 bits per heavy atom. The summed E-state index contributed by atoms with van der Waals surface area (Å²) in [5, 5.41) is 6.18. The van der Waals surface area contributed by atoms with Crippen LogP contribution in [0.3, 0.4) is 0 Å². The van der Waals surface area contributed by atoms with Gasteiger partial charge in [-0.05, 0) is 42.1 Å². The van der Waals surface area contributed by atoms with Gasteiger partial charge in [-0.3, -0.25) is 9.59 Å². The van der Waals surface area contributed by atoms with Crippen LogP contribution in [-0.2, 0) is 9.53 Å². The van der Waals surface area contributed by atoms with E-state index >= 15 is 0 Å². The van der Waals surface area contributed by atoms with Gasteiger partial charge in [0.2, 0.25) is 5.91 Å². The van der Waals surface area contributed by atoms with Crippen LogP contribution in [0.2, 0.25) is 0 Å². The summed E-state index contributed by atoms with van der Waals surface area (Å²) >= 11 is 1.39. The highest BCUT2D eigenvalue weighted by Crippen LogP contribution is 2.32. The molecule has 3 rings (SSSR count). The molecular formula is C16H13NO4S. The fourth-order valence-corrected chi connectivity index (χ4v) is 2.89. The Bertz CT molecular complexity index is 752. The van der Waals surface area contributed by atoms with Crippen molar-refractivity contribution in [1.82, 2.24) is 0 Å². The van der Waals surface area contributed by atoms with Gasteiger partial charge in [0.05, 0.1) is 11.5 Å². The number of nitrogens with one attached hydrogen (secondary N) is 1. The van der Waals surface area contributed by atoms with Crippen LogP contribution in [0.25, 0.3) is 0 Å². The predicted octanol–water partition coefficient (Wildman–Crippen LogP) is 2.84. The number of ketones is 1. The van der Waals surface area contributed by atoms with Crippen molar-refractivity contribution < 1.29 is 19.1 Å². The molecule has 1 aliphatic heterocycles. The molecule has 1 amide bonds. The zero-order valence-corrected chi connectivity index (χ0v) is 12.6. The number of esters is 1.